The minimum absolute atomic E-state index is 0.112. The minimum Gasteiger partial charge on any atom is -0.394 e. The summed E-state index contributed by atoms with van der Waals surface area (Å²) < 4.78 is 33.6. The van der Waals surface area contributed by atoms with Crippen LogP contribution in [0, 0.1) is 0 Å². The fraction of sp³-hybridized carbons (Fsp3) is 0.844. The highest BCUT2D eigenvalue weighted by atomic mass is 16.8. The number of amides is 1. The van der Waals surface area contributed by atoms with Crippen LogP contribution in [0.25, 0.3) is 0 Å². The van der Waals surface area contributed by atoms with E-state index < -0.39 is 124 Å². The molecular formula is C45H79NO18. The van der Waals surface area contributed by atoms with Gasteiger partial charge in [0.15, 0.2) is 18.9 Å². The molecule has 12 N–H and O–H groups in total. The Hall–Kier alpha value is -1.99. The van der Waals surface area contributed by atoms with E-state index in [1.807, 2.05) is 0 Å². The van der Waals surface area contributed by atoms with E-state index in [0.717, 1.165) is 25.7 Å². The summed E-state index contributed by atoms with van der Waals surface area (Å²) in [5, 5.41) is 118. The van der Waals surface area contributed by atoms with Gasteiger partial charge in [-0.25, -0.2) is 0 Å². The molecule has 3 fully saturated rings. The molecule has 3 aliphatic heterocycles. The van der Waals surface area contributed by atoms with Crippen molar-refractivity contribution in [2.45, 2.75) is 214 Å². The standard InChI is InChI=1S/C45H79NO18/c1-3-5-6-7-8-9-10-11-12-13-14-15-16-17-18-19-20-21-22-23-29(50)28(46-33(51)4-2)27-59-43-39(57)36(54)41(31(25-48)61-43)64-45-40(58)37(55)42(32(26-49)62-45)63-44-38(56)35(53)34(52)30(24-47)60-44/h14-15,18-19,22-23,28-32,34-45,47-50,52-58H,3-13,16-17,20-21,24-27H2,1-2H3,(H,46,51)/b15-14+,19-18+,23-22+. The molecule has 19 heteroatoms. The van der Waals surface area contributed by atoms with E-state index in [9.17, 15) is 61.0 Å². The SMILES string of the molecule is CCCCCCCCCCC/C=C/CC/C=C/CC/C=C/C(O)C(COC1OC(CO)C(OC2OC(CO)C(OC3OC(CO)C(O)C(O)C3O)C(O)C2O)C(O)C1O)NC(=O)CC. The van der Waals surface area contributed by atoms with Gasteiger partial charge < -0.3 is 89.9 Å². The maximum Gasteiger partial charge on any atom is 0.220 e. The van der Waals surface area contributed by atoms with Crippen LogP contribution in [0.5, 0.6) is 0 Å². The zero-order valence-electron chi connectivity index (χ0n) is 37.5. The van der Waals surface area contributed by atoms with Crippen LogP contribution in [-0.4, -0.2) is 193 Å². The van der Waals surface area contributed by atoms with Crippen LogP contribution in [0.4, 0.5) is 0 Å². The molecule has 19 nitrogen and oxygen atoms in total. The van der Waals surface area contributed by atoms with E-state index in [1.165, 1.54) is 63.9 Å². The molecule has 0 saturated carbocycles. The second-order valence-corrected chi connectivity index (χ2v) is 16.8. The van der Waals surface area contributed by atoms with Crippen molar-refractivity contribution < 1.29 is 89.4 Å². The van der Waals surface area contributed by atoms with Crippen LogP contribution in [0.1, 0.15) is 110 Å². The first-order chi connectivity index (χ1) is 30.8. The number of aliphatic hydroxyl groups excluding tert-OH is 11. The summed E-state index contributed by atoms with van der Waals surface area (Å²) in [4.78, 5) is 12.3. The molecule has 17 atom stereocenters. The smallest absolute Gasteiger partial charge is 0.220 e. The zero-order chi connectivity index (χ0) is 47.0. The number of rotatable bonds is 30. The highest BCUT2D eigenvalue weighted by Crippen LogP contribution is 2.33. The lowest BCUT2D eigenvalue weighted by Gasteiger charge is -2.48. The van der Waals surface area contributed by atoms with Gasteiger partial charge in [0.25, 0.3) is 0 Å². The summed E-state index contributed by atoms with van der Waals surface area (Å²) >= 11 is 0. The molecule has 3 heterocycles. The molecule has 17 unspecified atom stereocenters. The topological polar surface area (TPSA) is 307 Å². The second-order valence-electron chi connectivity index (χ2n) is 16.8. The summed E-state index contributed by atoms with van der Waals surface area (Å²) in [6, 6.07) is -0.989. The molecule has 0 aromatic heterocycles. The lowest BCUT2D eigenvalue weighted by molar-refractivity contribution is -0.379. The van der Waals surface area contributed by atoms with Crippen molar-refractivity contribution in [3.8, 4) is 0 Å². The van der Waals surface area contributed by atoms with Crippen LogP contribution >= 0.6 is 0 Å². The summed E-state index contributed by atoms with van der Waals surface area (Å²) in [6.45, 7) is 1.06. The third kappa shape index (κ3) is 17.9. The van der Waals surface area contributed by atoms with E-state index in [0.29, 0.717) is 6.42 Å². The molecule has 0 aromatic carbocycles. The minimum atomic E-state index is -1.98. The van der Waals surface area contributed by atoms with E-state index >= 15 is 0 Å². The number of hydrogen-bond donors (Lipinski definition) is 12. The lowest BCUT2D eigenvalue weighted by atomic mass is 9.96. The molecule has 0 aromatic rings. The molecule has 0 aliphatic carbocycles. The predicted octanol–water partition coefficient (Wildman–Crippen LogP) is -0.143. The van der Waals surface area contributed by atoms with Gasteiger partial charge in [-0.2, -0.15) is 0 Å². The van der Waals surface area contributed by atoms with Gasteiger partial charge in [-0.05, 0) is 38.5 Å². The van der Waals surface area contributed by atoms with E-state index in [1.54, 1.807) is 13.0 Å². The van der Waals surface area contributed by atoms with Crippen LogP contribution in [0.2, 0.25) is 0 Å². The second kappa shape index (κ2) is 31.1. The van der Waals surface area contributed by atoms with Crippen molar-refractivity contribution in [1.82, 2.24) is 5.32 Å². The molecule has 372 valence electrons. The predicted molar refractivity (Wildman–Crippen MR) is 231 cm³/mol. The number of nitrogens with one attached hydrogen (secondary N) is 1. The molecule has 3 rings (SSSR count). The third-order valence-electron chi connectivity index (χ3n) is 11.7. The van der Waals surface area contributed by atoms with Gasteiger partial charge in [0.05, 0.1) is 38.6 Å². The number of allylic oxidation sites excluding steroid dienone is 5. The maximum absolute atomic E-state index is 12.3. The highest BCUT2D eigenvalue weighted by Gasteiger charge is 2.53. The number of aliphatic hydroxyl groups is 11. The van der Waals surface area contributed by atoms with Gasteiger partial charge in [-0.3, -0.25) is 4.79 Å². The Morgan fingerprint density at radius 2 is 0.984 bits per heavy atom. The highest BCUT2D eigenvalue weighted by molar-refractivity contribution is 5.75. The van der Waals surface area contributed by atoms with Crippen LogP contribution in [0.3, 0.4) is 0 Å². The van der Waals surface area contributed by atoms with Gasteiger partial charge in [0.1, 0.15) is 73.2 Å². The molecule has 64 heavy (non-hydrogen) atoms. The Kier molecular flexibility index (Phi) is 27.4. The number of ether oxygens (including phenoxy) is 6. The van der Waals surface area contributed by atoms with Crippen LogP contribution in [0.15, 0.2) is 36.5 Å². The summed E-state index contributed by atoms with van der Waals surface area (Å²) in [6.07, 6.45) is 1.61. The Balaban J connectivity index is 1.46. The fourth-order valence-corrected chi connectivity index (χ4v) is 7.71. The van der Waals surface area contributed by atoms with Crippen molar-refractivity contribution in [3.63, 3.8) is 0 Å². The summed E-state index contributed by atoms with van der Waals surface area (Å²) in [7, 11) is 0. The quantitative estimate of drug-likeness (QED) is 0.0330. The number of carbonyl (C=O) groups is 1. The monoisotopic (exact) mass is 922 g/mol. The summed E-state index contributed by atoms with van der Waals surface area (Å²) in [5.74, 6) is -0.381. The van der Waals surface area contributed by atoms with E-state index in [-0.39, 0.29) is 18.9 Å². The summed E-state index contributed by atoms with van der Waals surface area (Å²) in [5.41, 5.74) is 0. The first-order valence-electron chi connectivity index (χ1n) is 23.2. The molecule has 1 amide bonds. The Bertz CT molecular complexity index is 1340. The Labute approximate surface area is 377 Å². The van der Waals surface area contributed by atoms with Crippen LogP contribution < -0.4 is 5.32 Å². The number of carbonyl (C=O) groups excluding carboxylic acids is 1. The Morgan fingerprint density at radius 3 is 1.50 bits per heavy atom. The zero-order valence-corrected chi connectivity index (χ0v) is 37.5. The van der Waals surface area contributed by atoms with E-state index in [4.69, 9.17) is 28.4 Å². The molecule has 3 saturated heterocycles. The molecule has 3 aliphatic rings. The first-order valence-corrected chi connectivity index (χ1v) is 23.2. The third-order valence-corrected chi connectivity index (χ3v) is 11.7. The van der Waals surface area contributed by atoms with Crippen molar-refractivity contribution >= 4 is 5.91 Å². The van der Waals surface area contributed by atoms with Crippen molar-refractivity contribution in [1.29, 1.82) is 0 Å². The molecular weight excluding hydrogens is 842 g/mol. The molecule has 0 spiro atoms. The lowest BCUT2D eigenvalue weighted by Crippen LogP contribution is -2.66. The Morgan fingerprint density at radius 1 is 0.547 bits per heavy atom. The number of hydrogen-bond acceptors (Lipinski definition) is 18. The maximum atomic E-state index is 12.3. The molecule has 0 radical (unpaired) electrons. The first kappa shape index (κ1) is 56.3. The van der Waals surface area contributed by atoms with Gasteiger partial charge in [-0.1, -0.05) is 102 Å². The van der Waals surface area contributed by atoms with Crippen molar-refractivity contribution in [3.05, 3.63) is 36.5 Å². The average Bonchev–Trinajstić information content (AvgIpc) is 3.29. The van der Waals surface area contributed by atoms with E-state index in [2.05, 4.69) is 36.5 Å². The van der Waals surface area contributed by atoms with Crippen molar-refractivity contribution in [2.24, 2.45) is 0 Å². The van der Waals surface area contributed by atoms with Gasteiger partial charge in [0, 0.05) is 6.42 Å². The average molecular weight is 922 g/mol. The van der Waals surface area contributed by atoms with Crippen molar-refractivity contribution in [2.75, 3.05) is 26.4 Å². The normalized spacial score (nSPS) is 34.8. The largest absolute Gasteiger partial charge is 0.394 e. The molecule has 0 bridgehead atoms. The fourth-order valence-electron chi connectivity index (χ4n) is 7.71. The van der Waals surface area contributed by atoms with Gasteiger partial charge in [0.2, 0.25) is 5.91 Å². The van der Waals surface area contributed by atoms with Gasteiger partial charge in [-0.15, -0.1) is 0 Å². The van der Waals surface area contributed by atoms with Gasteiger partial charge >= 0.3 is 0 Å². The van der Waals surface area contributed by atoms with Crippen LogP contribution in [-0.2, 0) is 33.2 Å². The number of unbranched alkanes of at least 4 members (excludes halogenated alkanes) is 11.